The van der Waals surface area contributed by atoms with Gasteiger partial charge >= 0.3 is 0 Å². The number of amides is 1. The van der Waals surface area contributed by atoms with Gasteiger partial charge in [0, 0.05) is 29.7 Å². The molecule has 0 bridgehead atoms. The van der Waals surface area contributed by atoms with Crippen molar-refractivity contribution in [2.75, 3.05) is 5.32 Å². The number of nitrogens with zero attached hydrogens (tertiary/aromatic N) is 1. The highest BCUT2D eigenvalue weighted by Crippen LogP contribution is 2.31. The summed E-state index contributed by atoms with van der Waals surface area (Å²) < 4.78 is 0. The van der Waals surface area contributed by atoms with Crippen LogP contribution in [0.2, 0.25) is 0 Å². The summed E-state index contributed by atoms with van der Waals surface area (Å²) in [6, 6.07) is 11.4. The Morgan fingerprint density at radius 2 is 2.11 bits per heavy atom. The standard InChI is InChI=1S/C15H15N3O/c1-10(11-5-4-8-16-9-11)17-14-12-6-2-3-7-13(12)18-15(14)19/h2-10,14,17H,1H3,(H,18,19). The van der Waals surface area contributed by atoms with Crippen LogP contribution in [-0.4, -0.2) is 10.9 Å². The molecule has 0 saturated carbocycles. The van der Waals surface area contributed by atoms with Gasteiger partial charge in [0.15, 0.2) is 0 Å². The SMILES string of the molecule is CC(NC1C(=O)Nc2ccccc21)c1cccnc1. The number of anilines is 1. The van der Waals surface area contributed by atoms with Gasteiger partial charge < -0.3 is 5.32 Å². The van der Waals surface area contributed by atoms with E-state index in [9.17, 15) is 4.79 Å². The Morgan fingerprint density at radius 3 is 2.89 bits per heavy atom. The first-order valence-corrected chi connectivity index (χ1v) is 6.31. The molecule has 2 unspecified atom stereocenters. The molecule has 0 saturated heterocycles. The zero-order valence-corrected chi connectivity index (χ0v) is 10.6. The molecule has 1 aromatic carbocycles. The van der Waals surface area contributed by atoms with Crippen molar-refractivity contribution in [3.05, 3.63) is 59.9 Å². The van der Waals surface area contributed by atoms with Crippen molar-refractivity contribution in [1.82, 2.24) is 10.3 Å². The topological polar surface area (TPSA) is 54.0 Å². The number of hydrogen-bond donors (Lipinski definition) is 2. The number of pyridine rings is 1. The molecule has 0 radical (unpaired) electrons. The molecule has 3 rings (SSSR count). The second-order valence-corrected chi connectivity index (χ2v) is 4.68. The van der Waals surface area contributed by atoms with Crippen molar-refractivity contribution in [3.63, 3.8) is 0 Å². The fourth-order valence-corrected chi connectivity index (χ4v) is 2.35. The lowest BCUT2D eigenvalue weighted by molar-refractivity contribution is -0.117. The van der Waals surface area contributed by atoms with Gasteiger partial charge in [-0.1, -0.05) is 24.3 Å². The predicted molar refractivity (Wildman–Crippen MR) is 73.6 cm³/mol. The quantitative estimate of drug-likeness (QED) is 0.883. The molecule has 2 atom stereocenters. The lowest BCUT2D eigenvalue weighted by Crippen LogP contribution is -2.29. The van der Waals surface area contributed by atoms with Crippen LogP contribution in [0.1, 0.15) is 30.1 Å². The molecule has 19 heavy (non-hydrogen) atoms. The lowest BCUT2D eigenvalue weighted by atomic mass is 10.1. The third kappa shape index (κ3) is 2.22. The van der Waals surface area contributed by atoms with E-state index >= 15 is 0 Å². The molecular weight excluding hydrogens is 238 g/mol. The second-order valence-electron chi connectivity index (χ2n) is 4.68. The summed E-state index contributed by atoms with van der Waals surface area (Å²) in [5, 5.41) is 6.24. The van der Waals surface area contributed by atoms with Crippen molar-refractivity contribution in [3.8, 4) is 0 Å². The molecule has 96 valence electrons. The third-order valence-electron chi connectivity index (χ3n) is 3.39. The Bertz CT molecular complexity index is 597. The number of nitrogens with one attached hydrogen (secondary N) is 2. The van der Waals surface area contributed by atoms with Crippen molar-refractivity contribution >= 4 is 11.6 Å². The van der Waals surface area contributed by atoms with Crippen molar-refractivity contribution in [2.24, 2.45) is 0 Å². The Hall–Kier alpha value is -2.20. The molecule has 0 spiro atoms. The van der Waals surface area contributed by atoms with Gasteiger partial charge in [0.05, 0.1) is 0 Å². The van der Waals surface area contributed by atoms with Gasteiger partial charge in [-0.2, -0.15) is 0 Å². The van der Waals surface area contributed by atoms with E-state index in [-0.39, 0.29) is 18.0 Å². The summed E-state index contributed by atoms with van der Waals surface area (Å²) in [5.74, 6) is -0.00283. The zero-order valence-electron chi connectivity index (χ0n) is 10.6. The van der Waals surface area contributed by atoms with E-state index in [1.54, 1.807) is 6.20 Å². The monoisotopic (exact) mass is 253 g/mol. The third-order valence-corrected chi connectivity index (χ3v) is 3.39. The molecule has 2 aromatic rings. The van der Waals surface area contributed by atoms with Crippen LogP contribution < -0.4 is 10.6 Å². The summed E-state index contributed by atoms with van der Waals surface area (Å²) in [6.45, 7) is 2.03. The number of hydrogen-bond acceptors (Lipinski definition) is 3. The van der Waals surface area contributed by atoms with Crippen LogP contribution in [0, 0.1) is 0 Å². The Balaban J connectivity index is 1.82. The number of fused-ring (bicyclic) bond motifs is 1. The van der Waals surface area contributed by atoms with E-state index in [4.69, 9.17) is 0 Å². The highest BCUT2D eigenvalue weighted by atomic mass is 16.2. The van der Waals surface area contributed by atoms with Crippen molar-refractivity contribution < 1.29 is 4.79 Å². The average molecular weight is 253 g/mol. The first-order valence-electron chi connectivity index (χ1n) is 6.31. The van der Waals surface area contributed by atoms with Crippen LogP contribution in [0.5, 0.6) is 0 Å². The van der Waals surface area contributed by atoms with E-state index in [2.05, 4.69) is 15.6 Å². The Morgan fingerprint density at radius 1 is 1.26 bits per heavy atom. The summed E-state index contributed by atoms with van der Waals surface area (Å²) in [4.78, 5) is 16.1. The molecule has 1 aliphatic heterocycles. The number of benzene rings is 1. The van der Waals surface area contributed by atoms with Gasteiger partial charge in [0.25, 0.3) is 0 Å². The van der Waals surface area contributed by atoms with Crippen LogP contribution >= 0.6 is 0 Å². The molecule has 1 aliphatic rings. The van der Waals surface area contributed by atoms with E-state index in [1.807, 2.05) is 49.5 Å². The lowest BCUT2D eigenvalue weighted by Gasteiger charge is -2.18. The first kappa shape index (κ1) is 11.9. The Kier molecular flexibility index (Phi) is 3.01. The smallest absolute Gasteiger partial charge is 0.246 e. The van der Waals surface area contributed by atoms with Gasteiger partial charge in [0.2, 0.25) is 5.91 Å². The van der Waals surface area contributed by atoms with Gasteiger partial charge in [-0.15, -0.1) is 0 Å². The van der Waals surface area contributed by atoms with Gasteiger partial charge in [-0.25, -0.2) is 0 Å². The van der Waals surface area contributed by atoms with Crippen LogP contribution in [0.4, 0.5) is 5.69 Å². The molecule has 0 aliphatic carbocycles. The summed E-state index contributed by atoms with van der Waals surface area (Å²) in [6.07, 6.45) is 3.56. The maximum atomic E-state index is 12.0. The minimum absolute atomic E-state index is 0.00283. The summed E-state index contributed by atoms with van der Waals surface area (Å²) >= 11 is 0. The molecule has 1 aromatic heterocycles. The summed E-state index contributed by atoms with van der Waals surface area (Å²) in [5.41, 5.74) is 2.96. The highest BCUT2D eigenvalue weighted by molar-refractivity contribution is 6.02. The van der Waals surface area contributed by atoms with E-state index in [0.717, 1.165) is 16.8 Å². The highest BCUT2D eigenvalue weighted by Gasteiger charge is 2.31. The molecule has 4 heteroatoms. The molecular formula is C15H15N3O. The average Bonchev–Trinajstić information content (AvgIpc) is 2.76. The van der Waals surface area contributed by atoms with E-state index in [1.165, 1.54) is 0 Å². The normalized spacial score (nSPS) is 18.8. The second kappa shape index (κ2) is 4.82. The molecule has 2 heterocycles. The van der Waals surface area contributed by atoms with E-state index in [0.29, 0.717) is 0 Å². The Labute approximate surface area is 111 Å². The van der Waals surface area contributed by atoms with Crippen LogP contribution in [0.3, 0.4) is 0 Å². The van der Waals surface area contributed by atoms with Gasteiger partial charge in [0.1, 0.15) is 6.04 Å². The minimum atomic E-state index is -0.300. The van der Waals surface area contributed by atoms with E-state index < -0.39 is 0 Å². The molecule has 4 nitrogen and oxygen atoms in total. The first-order chi connectivity index (χ1) is 9.25. The van der Waals surface area contributed by atoms with Crippen LogP contribution in [-0.2, 0) is 4.79 Å². The van der Waals surface area contributed by atoms with Crippen LogP contribution in [0.15, 0.2) is 48.8 Å². The summed E-state index contributed by atoms with van der Waals surface area (Å²) in [7, 11) is 0. The van der Waals surface area contributed by atoms with Gasteiger partial charge in [-0.05, 0) is 24.6 Å². The number of carbonyl (C=O) groups is 1. The van der Waals surface area contributed by atoms with Crippen molar-refractivity contribution in [1.29, 1.82) is 0 Å². The fraction of sp³-hybridized carbons (Fsp3) is 0.200. The maximum absolute atomic E-state index is 12.0. The number of para-hydroxylation sites is 1. The van der Waals surface area contributed by atoms with Crippen LogP contribution in [0.25, 0.3) is 0 Å². The maximum Gasteiger partial charge on any atom is 0.246 e. The number of carbonyl (C=O) groups excluding carboxylic acids is 1. The molecule has 2 N–H and O–H groups in total. The number of rotatable bonds is 3. The zero-order chi connectivity index (χ0) is 13.2. The predicted octanol–water partition coefficient (Wildman–Crippen LogP) is 2.43. The largest absolute Gasteiger partial charge is 0.324 e. The number of aromatic nitrogens is 1. The molecule has 0 fully saturated rings. The minimum Gasteiger partial charge on any atom is -0.324 e. The fourth-order valence-electron chi connectivity index (χ4n) is 2.35. The van der Waals surface area contributed by atoms with Crippen molar-refractivity contribution in [2.45, 2.75) is 19.0 Å². The molecule has 1 amide bonds. The van der Waals surface area contributed by atoms with Gasteiger partial charge in [-0.3, -0.25) is 15.1 Å².